The minimum Gasteiger partial charge on any atom is -0.363 e. The van der Waals surface area contributed by atoms with E-state index in [1.807, 2.05) is 10.6 Å². The summed E-state index contributed by atoms with van der Waals surface area (Å²) < 4.78 is 17.0. The number of pyridine rings is 1. The standard InChI is InChI=1S/C20H23FN6O2/c21-17-12-7-24-20(29)16(12)18(10-5-11-6-23-15(28)9-27(11)8-10)26-19(17)25-14-4-2-1-3-13(14)22/h5,8,13-14H,1-4,6-7,9,22H2,(H,23,28)(H,24,29)(H,25,26)/t13-,14+/m0/s1. The molecule has 0 unspecified atom stereocenters. The normalized spacial score (nSPS) is 23.2. The van der Waals surface area contributed by atoms with Crippen molar-refractivity contribution in [2.24, 2.45) is 5.73 Å². The van der Waals surface area contributed by atoms with Crippen LogP contribution in [-0.2, 0) is 24.4 Å². The van der Waals surface area contributed by atoms with Crippen molar-refractivity contribution in [2.75, 3.05) is 5.32 Å². The van der Waals surface area contributed by atoms with Crippen molar-refractivity contribution in [1.82, 2.24) is 20.2 Å². The summed E-state index contributed by atoms with van der Waals surface area (Å²) in [6.07, 6.45) is 5.67. The van der Waals surface area contributed by atoms with Crippen molar-refractivity contribution in [3.63, 3.8) is 0 Å². The predicted molar refractivity (Wildman–Crippen MR) is 104 cm³/mol. The van der Waals surface area contributed by atoms with Gasteiger partial charge in [-0.2, -0.15) is 0 Å². The lowest BCUT2D eigenvalue weighted by atomic mass is 9.91. The van der Waals surface area contributed by atoms with Crippen LogP contribution < -0.4 is 21.7 Å². The highest BCUT2D eigenvalue weighted by molar-refractivity contribution is 6.04. The van der Waals surface area contributed by atoms with E-state index in [1.54, 1.807) is 6.20 Å². The smallest absolute Gasteiger partial charge is 0.254 e. The first-order valence-corrected chi connectivity index (χ1v) is 10.00. The van der Waals surface area contributed by atoms with Gasteiger partial charge in [-0.15, -0.1) is 0 Å². The summed E-state index contributed by atoms with van der Waals surface area (Å²) in [6, 6.07) is 1.79. The molecule has 0 bridgehead atoms. The Morgan fingerprint density at radius 3 is 2.86 bits per heavy atom. The zero-order valence-corrected chi connectivity index (χ0v) is 15.9. The number of rotatable bonds is 3. The monoisotopic (exact) mass is 398 g/mol. The molecule has 0 saturated heterocycles. The van der Waals surface area contributed by atoms with E-state index >= 15 is 4.39 Å². The first kappa shape index (κ1) is 18.1. The van der Waals surface area contributed by atoms with Gasteiger partial charge in [-0.25, -0.2) is 9.37 Å². The number of hydrogen-bond acceptors (Lipinski definition) is 5. The molecule has 8 nitrogen and oxygen atoms in total. The zero-order valence-electron chi connectivity index (χ0n) is 15.9. The maximum absolute atomic E-state index is 15.2. The van der Waals surface area contributed by atoms with Crippen LogP contribution in [0, 0.1) is 5.82 Å². The average molecular weight is 398 g/mol. The van der Waals surface area contributed by atoms with Crippen molar-refractivity contribution >= 4 is 17.6 Å². The van der Waals surface area contributed by atoms with Crippen LogP contribution in [0.1, 0.15) is 47.3 Å². The molecule has 5 rings (SSSR count). The molecule has 0 spiro atoms. The summed E-state index contributed by atoms with van der Waals surface area (Å²) >= 11 is 0. The van der Waals surface area contributed by atoms with E-state index in [-0.39, 0.29) is 48.4 Å². The molecule has 5 N–H and O–H groups in total. The Labute approximate surface area is 167 Å². The summed E-state index contributed by atoms with van der Waals surface area (Å²) in [4.78, 5) is 28.6. The van der Waals surface area contributed by atoms with E-state index in [0.29, 0.717) is 23.4 Å². The average Bonchev–Trinajstić information content (AvgIpc) is 3.29. The lowest BCUT2D eigenvalue weighted by Crippen LogP contribution is -2.43. The Hall–Kier alpha value is -2.94. The molecule has 0 aromatic carbocycles. The van der Waals surface area contributed by atoms with Gasteiger partial charge in [0, 0.05) is 41.6 Å². The highest BCUT2D eigenvalue weighted by Gasteiger charge is 2.32. The number of nitrogens with zero attached hydrogens (tertiary/aromatic N) is 2. The molecule has 2 aliphatic heterocycles. The highest BCUT2D eigenvalue weighted by atomic mass is 19.1. The van der Waals surface area contributed by atoms with Gasteiger partial charge in [0.1, 0.15) is 6.54 Å². The zero-order chi connectivity index (χ0) is 20.1. The molecule has 29 heavy (non-hydrogen) atoms. The molecule has 2 aromatic rings. The number of amides is 2. The topological polar surface area (TPSA) is 114 Å². The third-order valence-corrected chi connectivity index (χ3v) is 6.07. The number of fused-ring (bicyclic) bond motifs is 2. The second-order valence-electron chi connectivity index (χ2n) is 7.98. The molecular weight excluding hydrogens is 375 g/mol. The van der Waals surface area contributed by atoms with Crippen LogP contribution in [-0.4, -0.2) is 33.4 Å². The molecule has 9 heteroatoms. The summed E-state index contributed by atoms with van der Waals surface area (Å²) in [6.45, 7) is 0.762. The summed E-state index contributed by atoms with van der Waals surface area (Å²) in [5.41, 5.74) is 8.85. The summed E-state index contributed by atoms with van der Waals surface area (Å²) in [5, 5.41) is 8.70. The van der Waals surface area contributed by atoms with Gasteiger partial charge in [-0.1, -0.05) is 12.8 Å². The van der Waals surface area contributed by atoms with Crippen LogP contribution in [0.5, 0.6) is 0 Å². The van der Waals surface area contributed by atoms with Crippen molar-refractivity contribution in [1.29, 1.82) is 0 Å². The molecule has 2 amide bonds. The van der Waals surface area contributed by atoms with E-state index in [0.717, 1.165) is 31.4 Å². The maximum Gasteiger partial charge on any atom is 0.254 e. The fourth-order valence-corrected chi connectivity index (χ4v) is 4.48. The molecule has 2 aromatic heterocycles. The number of hydrogen-bond donors (Lipinski definition) is 4. The van der Waals surface area contributed by atoms with Crippen molar-refractivity contribution in [3.8, 4) is 11.3 Å². The third kappa shape index (κ3) is 3.05. The first-order chi connectivity index (χ1) is 14.0. The third-order valence-electron chi connectivity index (χ3n) is 6.07. The SMILES string of the molecule is N[C@H]1CCCC[C@H]1Nc1nc(-c2cc3n(c2)CC(=O)NC3)c2c(c1F)CNC2=O. The minimum absolute atomic E-state index is 0.0502. The van der Waals surface area contributed by atoms with Gasteiger partial charge in [-0.05, 0) is 18.9 Å². The second-order valence-corrected chi connectivity index (χ2v) is 7.98. The van der Waals surface area contributed by atoms with Crippen LogP contribution in [0.25, 0.3) is 11.3 Å². The van der Waals surface area contributed by atoms with Gasteiger partial charge in [0.15, 0.2) is 11.6 Å². The number of carbonyl (C=O) groups is 2. The summed E-state index contributed by atoms with van der Waals surface area (Å²) in [7, 11) is 0. The Morgan fingerprint density at radius 1 is 1.21 bits per heavy atom. The minimum atomic E-state index is -0.499. The van der Waals surface area contributed by atoms with Crippen LogP contribution >= 0.6 is 0 Å². The largest absolute Gasteiger partial charge is 0.363 e. The van der Waals surface area contributed by atoms with E-state index in [2.05, 4.69) is 20.9 Å². The molecule has 3 aliphatic rings. The number of nitrogens with one attached hydrogen (secondary N) is 3. The molecule has 0 radical (unpaired) electrons. The number of aromatic nitrogens is 2. The van der Waals surface area contributed by atoms with Crippen molar-refractivity contribution in [2.45, 2.75) is 57.4 Å². The van der Waals surface area contributed by atoms with Crippen molar-refractivity contribution < 1.29 is 14.0 Å². The van der Waals surface area contributed by atoms with Gasteiger partial charge < -0.3 is 26.3 Å². The molecule has 4 heterocycles. The number of nitrogens with two attached hydrogens (primary N) is 1. The van der Waals surface area contributed by atoms with Crippen LogP contribution in [0.2, 0.25) is 0 Å². The molecule has 1 saturated carbocycles. The van der Waals surface area contributed by atoms with Crippen molar-refractivity contribution in [3.05, 3.63) is 34.9 Å². The number of halogens is 1. The predicted octanol–water partition coefficient (Wildman–Crippen LogP) is 1.24. The van der Waals surface area contributed by atoms with E-state index in [1.165, 1.54) is 0 Å². The molecule has 1 aliphatic carbocycles. The molecule has 1 fully saturated rings. The van der Waals surface area contributed by atoms with Gasteiger partial charge in [0.2, 0.25) is 5.91 Å². The lowest BCUT2D eigenvalue weighted by molar-refractivity contribution is -0.122. The maximum atomic E-state index is 15.2. The van der Waals surface area contributed by atoms with E-state index in [9.17, 15) is 9.59 Å². The Kier molecular flexibility index (Phi) is 4.27. The Bertz CT molecular complexity index is 1020. The van der Waals surface area contributed by atoms with Crippen LogP contribution in [0.3, 0.4) is 0 Å². The lowest BCUT2D eigenvalue weighted by Gasteiger charge is -2.30. The van der Waals surface area contributed by atoms with Crippen LogP contribution in [0.4, 0.5) is 10.2 Å². The van der Waals surface area contributed by atoms with Crippen LogP contribution in [0.15, 0.2) is 12.3 Å². The molecule has 152 valence electrons. The summed E-state index contributed by atoms with van der Waals surface area (Å²) in [5.74, 6) is -0.763. The van der Waals surface area contributed by atoms with Gasteiger partial charge in [0.05, 0.1) is 17.8 Å². The fourth-order valence-electron chi connectivity index (χ4n) is 4.48. The number of anilines is 1. The molecule has 2 atom stereocenters. The molecular formula is C20H23FN6O2. The quantitative estimate of drug-likeness (QED) is 0.621. The highest BCUT2D eigenvalue weighted by Crippen LogP contribution is 2.34. The fraction of sp³-hybridized carbons (Fsp3) is 0.450. The van der Waals surface area contributed by atoms with E-state index < -0.39 is 5.82 Å². The first-order valence-electron chi connectivity index (χ1n) is 10.00. The Balaban J connectivity index is 1.59. The van der Waals surface area contributed by atoms with Gasteiger partial charge in [-0.3, -0.25) is 9.59 Å². The van der Waals surface area contributed by atoms with Gasteiger partial charge in [0.25, 0.3) is 5.91 Å². The second kappa shape index (κ2) is 6.84. The number of carbonyl (C=O) groups excluding carboxylic acids is 2. The Morgan fingerprint density at radius 2 is 2.03 bits per heavy atom. The van der Waals surface area contributed by atoms with E-state index in [4.69, 9.17) is 5.73 Å². The van der Waals surface area contributed by atoms with Gasteiger partial charge >= 0.3 is 0 Å².